The SMILES string of the molecule is Cc1cc(Cl)ccc1[C@H](O)[C@H]1O[C@@H](n2ccc3c(N)ncnc32)[C@H](O)[C@]1(C)O. The molecule has 2 aromatic heterocycles. The van der Waals surface area contributed by atoms with E-state index in [0.717, 1.165) is 5.56 Å². The maximum absolute atomic E-state index is 11.0. The molecule has 0 aliphatic carbocycles. The summed E-state index contributed by atoms with van der Waals surface area (Å²) in [5, 5.41) is 33.8. The van der Waals surface area contributed by atoms with Crippen LogP contribution >= 0.6 is 11.6 Å². The van der Waals surface area contributed by atoms with Crippen molar-refractivity contribution in [3.63, 3.8) is 0 Å². The lowest BCUT2D eigenvalue weighted by atomic mass is 9.87. The molecule has 28 heavy (non-hydrogen) atoms. The standard InChI is InChI=1S/C19H21ClN4O4/c1-9-7-10(20)3-4-11(9)13(25)15-19(2,27)14(26)18(28-15)24-6-5-12-16(21)22-8-23-17(12)24/h3-8,13-15,18,25-27H,1-2H3,(H2,21,22,23)/t13-,14-,15+,18+,19-/m0/s1. The lowest BCUT2D eigenvalue weighted by molar-refractivity contribution is -0.115. The molecule has 3 aromatic rings. The van der Waals surface area contributed by atoms with Crippen molar-refractivity contribution in [3.05, 3.63) is 52.9 Å². The van der Waals surface area contributed by atoms with Crippen LogP contribution in [0.25, 0.3) is 11.0 Å². The van der Waals surface area contributed by atoms with Gasteiger partial charge in [0.2, 0.25) is 0 Å². The average Bonchev–Trinajstić information content (AvgIpc) is 3.15. The highest BCUT2D eigenvalue weighted by atomic mass is 35.5. The Labute approximate surface area is 166 Å². The highest BCUT2D eigenvalue weighted by Crippen LogP contribution is 2.44. The molecular weight excluding hydrogens is 384 g/mol. The zero-order valence-corrected chi connectivity index (χ0v) is 16.1. The van der Waals surface area contributed by atoms with Gasteiger partial charge in [0, 0.05) is 11.2 Å². The summed E-state index contributed by atoms with van der Waals surface area (Å²) in [6.07, 6.45) is -1.56. The Balaban J connectivity index is 1.72. The number of aliphatic hydroxyl groups excluding tert-OH is 2. The van der Waals surface area contributed by atoms with Gasteiger partial charge in [0.05, 0.1) is 5.39 Å². The predicted octanol–water partition coefficient (Wildman–Crippen LogP) is 1.72. The van der Waals surface area contributed by atoms with Gasteiger partial charge in [-0.2, -0.15) is 0 Å². The van der Waals surface area contributed by atoms with E-state index < -0.39 is 30.1 Å². The van der Waals surface area contributed by atoms with E-state index >= 15 is 0 Å². The fourth-order valence-corrected chi connectivity index (χ4v) is 3.99. The third kappa shape index (κ3) is 2.85. The van der Waals surface area contributed by atoms with Crippen LogP contribution < -0.4 is 5.73 Å². The molecule has 0 bridgehead atoms. The quantitative estimate of drug-likeness (QED) is 0.523. The first kappa shape index (κ1) is 19.1. The molecule has 148 valence electrons. The minimum atomic E-state index is -1.72. The predicted molar refractivity (Wildman–Crippen MR) is 104 cm³/mol. The maximum Gasteiger partial charge on any atom is 0.164 e. The van der Waals surface area contributed by atoms with Crippen molar-refractivity contribution in [2.45, 2.75) is 44.0 Å². The molecule has 5 atom stereocenters. The number of benzene rings is 1. The van der Waals surface area contributed by atoms with E-state index in [1.807, 2.05) is 0 Å². The van der Waals surface area contributed by atoms with Gasteiger partial charge in [-0.05, 0) is 43.2 Å². The van der Waals surface area contributed by atoms with Crippen molar-refractivity contribution >= 4 is 28.5 Å². The van der Waals surface area contributed by atoms with E-state index in [2.05, 4.69) is 9.97 Å². The molecule has 0 amide bonds. The molecule has 8 nitrogen and oxygen atoms in total. The van der Waals surface area contributed by atoms with Crippen LogP contribution in [0, 0.1) is 6.92 Å². The van der Waals surface area contributed by atoms with Gasteiger partial charge in [-0.25, -0.2) is 9.97 Å². The third-order valence-electron chi connectivity index (χ3n) is 5.38. The Kier molecular flexibility index (Phi) is 4.56. The average molecular weight is 405 g/mol. The number of aryl methyl sites for hydroxylation is 1. The van der Waals surface area contributed by atoms with E-state index in [1.165, 1.54) is 13.3 Å². The summed E-state index contributed by atoms with van der Waals surface area (Å²) in [7, 11) is 0. The van der Waals surface area contributed by atoms with Crippen LogP contribution in [0.2, 0.25) is 5.02 Å². The third-order valence-corrected chi connectivity index (χ3v) is 5.62. The van der Waals surface area contributed by atoms with Crippen molar-refractivity contribution in [2.75, 3.05) is 5.73 Å². The Morgan fingerprint density at radius 3 is 2.79 bits per heavy atom. The second-order valence-electron chi connectivity index (χ2n) is 7.28. The van der Waals surface area contributed by atoms with Crippen molar-refractivity contribution < 1.29 is 20.1 Å². The molecular formula is C19H21ClN4O4. The maximum atomic E-state index is 11.0. The summed E-state index contributed by atoms with van der Waals surface area (Å²) >= 11 is 5.99. The Morgan fingerprint density at radius 1 is 1.32 bits per heavy atom. The van der Waals surface area contributed by atoms with Crippen molar-refractivity contribution in [2.24, 2.45) is 0 Å². The van der Waals surface area contributed by atoms with Gasteiger partial charge >= 0.3 is 0 Å². The highest BCUT2D eigenvalue weighted by Gasteiger charge is 2.56. The number of hydrogen-bond donors (Lipinski definition) is 4. The molecule has 1 saturated heterocycles. The van der Waals surface area contributed by atoms with Gasteiger partial charge in [0.1, 0.15) is 41.7 Å². The number of aliphatic hydroxyl groups is 3. The Morgan fingerprint density at radius 2 is 2.07 bits per heavy atom. The zero-order chi connectivity index (χ0) is 20.2. The fraction of sp³-hybridized carbons (Fsp3) is 0.368. The molecule has 3 heterocycles. The molecule has 1 aromatic carbocycles. The van der Waals surface area contributed by atoms with Crippen LogP contribution in [-0.4, -0.2) is 47.7 Å². The van der Waals surface area contributed by atoms with Crippen molar-refractivity contribution in [1.29, 1.82) is 0 Å². The van der Waals surface area contributed by atoms with Gasteiger partial charge in [-0.15, -0.1) is 0 Å². The van der Waals surface area contributed by atoms with Gasteiger partial charge in [0.15, 0.2) is 6.23 Å². The van der Waals surface area contributed by atoms with Crippen LogP contribution in [-0.2, 0) is 4.74 Å². The van der Waals surface area contributed by atoms with E-state index in [4.69, 9.17) is 22.1 Å². The monoisotopic (exact) mass is 404 g/mol. The summed E-state index contributed by atoms with van der Waals surface area (Å²) in [6.45, 7) is 3.24. The largest absolute Gasteiger partial charge is 0.386 e. The number of nitrogens with two attached hydrogens (primary N) is 1. The lowest BCUT2D eigenvalue weighted by Gasteiger charge is -2.30. The molecule has 4 rings (SSSR count). The first-order chi connectivity index (χ1) is 13.2. The molecule has 5 N–H and O–H groups in total. The van der Waals surface area contributed by atoms with Gasteiger partial charge in [-0.3, -0.25) is 0 Å². The minimum Gasteiger partial charge on any atom is -0.386 e. The minimum absolute atomic E-state index is 0.302. The Hall–Kier alpha value is -2.23. The van der Waals surface area contributed by atoms with E-state index in [1.54, 1.807) is 42.0 Å². The molecule has 0 radical (unpaired) electrons. The summed E-state index contributed by atoms with van der Waals surface area (Å²) in [6, 6.07) is 6.77. The van der Waals surface area contributed by atoms with Crippen LogP contribution in [0.15, 0.2) is 36.8 Å². The van der Waals surface area contributed by atoms with E-state index in [-0.39, 0.29) is 0 Å². The second-order valence-corrected chi connectivity index (χ2v) is 7.72. The molecule has 0 spiro atoms. The van der Waals surface area contributed by atoms with Crippen LogP contribution in [0.3, 0.4) is 0 Å². The Bertz CT molecular complexity index is 1040. The summed E-state index contributed by atoms with van der Waals surface area (Å²) in [5.41, 5.74) is 5.93. The molecule has 1 fully saturated rings. The summed E-state index contributed by atoms with van der Waals surface area (Å²) in [5.74, 6) is 0.302. The first-order valence-corrected chi connectivity index (χ1v) is 9.16. The van der Waals surface area contributed by atoms with Crippen molar-refractivity contribution in [3.8, 4) is 0 Å². The van der Waals surface area contributed by atoms with Crippen LogP contribution in [0.4, 0.5) is 5.82 Å². The topological polar surface area (TPSA) is 127 Å². The zero-order valence-electron chi connectivity index (χ0n) is 15.3. The van der Waals surface area contributed by atoms with Crippen LogP contribution in [0.5, 0.6) is 0 Å². The van der Waals surface area contributed by atoms with Gasteiger partial charge in [0.25, 0.3) is 0 Å². The van der Waals surface area contributed by atoms with Gasteiger partial charge < -0.3 is 30.4 Å². The van der Waals surface area contributed by atoms with Crippen molar-refractivity contribution in [1.82, 2.24) is 14.5 Å². The smallest absolute Gasteiger partial charge is 0.164 e. The van der Waals surface area contributed by atoms with Gasteiger partial charge in [-0.1, -0.05) is 17.7 Å². The molecule has 0 saturated carbocycles. The normalized spacial score (nSPS) is 28.7. The fourth-order valence-electron chi connectivity index (χ4n) is 3.76. The second kappa shape index (κ2) is 6.68. The number of anilines is 1. The molecule has 0 unspecified atom stereocenters. The van der Waals surface area contributed by atoms with Crippen LogP contribution in [0.1, 0.15) is 30.4 Å². The number of rotatable bonds is 3. The molecule has 9 heteroatoms. The summed E-state index contributed by atoms with van der Waals surface area (Å²) in [4.78, 5) is 8.15. The molecule has 1 aliphatic heterocycles. The number of nitrogen functional groups attached to an aromatic ring is 1. The summed E-state index contributed by atoms with van der Waals surface area (Å²) < 4.78 is 7.54. The first-order valence-electron chi connectivity index (χ1n) is 8.79. The number of nitrogens with zero attached hydrogens (tertiary/aromatic N) is 3. The highest BCUT2D eigenvalue weighted by molar-refractivity contribution is 6.30. The lowest BCUT2D eigenvalue weighted by Crippen LogP contribution is -2.47. The van der Waals surface area contributed by atoms with E-state index in [0.29, 0.717) is 27.4 Å². The molecule has 1 aliphatic rings. The number of ether oxygens (including phenoxy) is 1. The number of hydrogen-bond acceptors (Lipinski definition) is 7. The number of fused-ring (bicyclic) bond motifs is 1. The van der Waals surface area contributed by atoms with E-state index in [9.17, 15) is 15.3 Å². The number of aromatic nitrogens is 3. The number of halogens is 1.